The van der Waals surface area contributed by atoms with E-state index < -0.39 is 11.9 Å². The molecular formula is C27H31ClN2O4. The summed E-state index contributed by atoms with van der Waals surface area (Å²) >= 11 is 6.41. The molecule has 0 aliphatic carbocycles. The quantitative estimate of drug-likeness (QED) is 0.523. The highest BCUT2D eigenvalue weighted by molar-refractivity contribution is 6.31. The van der Waals surface area contributed by atoms with Crippen molar-refractivity contribution in [3.63, 3.8) is 0 Å². The van der Waals surface area contributed by atoms with Gasteiger partial charge in [0.15, 0.2) is 0 Å². The van der Waals surface area contributed by atoms with E-state index in [-0.39, 0.29) is 37.4 Å². The van der Waals surface area contributed by atoms with Crippen LogP contribution < -0.4 is 5.32 Å². The summed E-state index contributed by atoms with van der Waals surface area (Å²) in [5.41, 5.74) is 3.15. The minimum atomic E-state index is -0.469. The van der Waals surface area contributed by atoms with E-state index in [1.54, 1.807) is 36.9 Å². The van der Waals surface area contributed by atoms with Crippen molar-refractivity contribution >= 4 is 29.4 Å². The summed E-state index contributed by atoms with van der Waals surface area (Å²) in [5, 5.41) is 3.45. The number of ether oxygens (including phenoxy) is 1. The fraction of sp³-hybridized carbons (Fsp3) is 0.370. The molecule has 2 unspecified atom stereocenters. The largest absolute Gasteiger partial charge is 0.463 e. The molecule has 7 heteroatoms. The minimum Gasteiger partial charge on any atom is -0.463 e. The first-order valence-corrected chi connectivity index (χ1v) is 12.0. The number of benzene rings is 2. The SMILES string of the molecule is CCOC(=O)C1=C(C)N(Cc2ccc(C(=O)NC(C)CC)cc2)C(=O)CC1c1ccccc1Cl. The highest BCUT2D eigenvalue weighted by Crippen LogP contribution is 2.40. The van der Waals surface area contributed by atoms with Gasteiger partial charge in [-0.2, -0.15) is 0 Å². The van der Waals surface area contributed by atoms with Gasteiger partial charge in [-0.25, -0.2) is 4.79 Å². The summed E-state index contributed by atoms with van der Waals surface area (Å²) in [6.07, 6.45) is 0.967. The predicted molar refractivity (Wildman–Crippen MR) is 132 cm³/mol. The van der Waals surface area contributed by atoms with Gasteiger partial charge in [-0.1, -0.05) is 48.9 Å². The van der Waals surface area contributed by atoms with Crippen LogP contribution in [-0.2, 0) is 20.9 Å². The molecule has 3 rings (SSSR count). The van der Waals surface area contributed by atoms with Crippen LogP contribution in [0.15, 0.2) is 59.8 Å². The maximum Gasteiger partial charge on any atom is 0.336 e. The number of hydrogen-bond acceptors (Lipinski definition) is 4. The van der Waals surface area contributed by atoms with Crippen LogP contribution >= 0.6 is 11.6 Å². The lowest BCUT2D eigenvalue weighted by atomic mass is 9.83. The zero-order valence-corrected chi connectivity index (χ0v) is 20.8. The molecule has 2 aromatic rings. The van der Waals surface area contributed by atoms with Crippen LogP contribution in [0.2, 0.25) is 5.02 Å². The van der Waals surface area contributed by atoms with E-state index in [9.17, 15) is 14.4 Å². The Hall–Kier alpha value is -3.12. The first kappa shape index (κ1) is 25.5. The zero-order valence-electron chi connectivity index (χ0n) is 20.1. The number of nitrogens with zero attached hydrogens (tertiary/aromatic N) is 1. The Bertz CT molecular complexity index is 1090. The molecule has 2 aromatic carbocycles. The number of esters is 1. The molecule has 6 nitrogen and oxygen atoms in total. The fourth-order valence-electron chi connectivity index (χ4n) is 4.05. The van der Waals surface area contributed by atoms with Crippen molar-refractivity contribution in [1.29, 1.82) is 0 Å². The van der Waals surface area contributed by atoms with Gasteiger partial charge >= 0.3 is 5.97 Å². The number of amides is 2. The molecule has 1 heterocycles. The van der Waals surface area contributed by atoms with Gasteiger partial charge in [0.05, 0.1) is 18.7 Å². The van der Waals surface area contributed by atoms with Crippen LogP contribution in [0.5, 0.6) is 0 Å². The van der Waals surface area contributed by atoms with Crippen molar-refractivity contribution in [2.24, 2.45) is 0 Å². The normalized spacial score (nSPS) is 16.9. The van der Waals surface area contributed by atoms with Crippen molar-refractivity contribution in [2.45, 2.75) is 59.0 Å². The second kappa shape index (κ2) is 11.3. The first-order chi connectivity index (χ1) is 16.3. The summed E-state index contributed by atoms with van der Waals surface area (Å²) in [4.78, 5) is 40.1. The monoisotopic (exact) mass is 482 g/mol. The van der Waals surface area contributed by atoms with Gasteiger partial charge < -0.3 is 15.0 Å². The van der Waals surface area contributed by atoms with Crippen LogP contribution in [0.4, 0.5) is 0 Å². The Morgan fingerprint density at radius 3 is 2.44 bits per heavy atom. The summed E-state index contributed by atoms with van der Waals surface area (Å²) in [5.74, 6) is -1.14. The third kappa shape index (κ3) is 5.68. The van der Waals surface area contributed by atoms with E-state index in [1.807, 2.05) is 44.2 Å². The number of halogens is 1. The zero-order chi connectivity index (χ0) is 24.8. The second-order valence-electron chi connectivity index (χ2n) is 8.46. The van der Waals surface area contributed by atoms with E-state index in [2.05, 4.69) is 5.32 Å². The summed E-state index contributed by atoms with van der Waals surface area (Å²) in [6, 6.07) is 14.5. The lowest BCUT2D eigenvalue weighted by molar-refractivity contribution is -0.140. The molecule has 0 fully saturated rings. The van der Waals surface area contributed by atoms with Gasteiger partial charge in [0.25, 0.3) is 5.91 Å². The van der Waals surface area contributed by atoms with E-state index in [1.165, 1.54) is 0 Å². The maximum absolute atomic E-state index is 13.2. The number of carbonyl (C=O) groups excluding carboxylic acids is 3. The molecule has 0 radical (unpaired) electrons. The highest BCUT2D eigenvalue weighted by Gasteiger charge is 2.37. The highest BCUT2D eigenvalue weighted by atomic mass is 35.5. The third-order valence-electron chi connectivity index (χ3n) is 6.15. The molecule has 1 aliphatic heterocycles. The van der Waals surface area contributed by atoms with Crippen LogP contribution in [0.1, 0.15) is 67.9 Å². The van der Waals surface area contributed by atoms with Gasteiger partial charge in [0.1, 0.15) is 0 Å². The van der Waals surface area contributed by atoms with E-state index >= 15 is 0 Å². The Morgan fingerprint density at radius 2 is 1.82 bits per heavy atom. The third-order valence-corrected chi connectivity index (χ3v) is 6.49. The molecule has 1 aliphatic rings. The Kier molecular flexibility index (Phi) is 8.51. The van der Waals surface area contributed by atoms with Crippen LogP contribution in [0.3, 0.4) is 0 Å². The molecule has 0 bridgehead atoms. The molecule has 1 N–H and O–H groups in total. The second-order valence-corrected chi connectivity index (χ2v) is 8.86. The van der Waals surface area contributed by atoms with E-state index in [0.29, 0.717) is 21.9 Å². The lowest BCUT2D eigenvalue weighted by Crippen LogP contribution is -2.38. The van der Waals surface area contributed by atoms with Crippen LogP contribution in [-0.4, -0.2) is 35.3 Å². The van der Waals surface area contributed by atoms with Crippen molar-refractivity contribution in [2.75, 3.05) is 6.61 Å². The molecule has 2 amide bonds. The smallest absolute Gasteiger partial charge is 0.336 e. The maximum atomic E-state index is 13.2. The first-order valence-electron chi connectivity index (χ1n) is 11.6. The van der Waals surface area contributed by atoms with E-state index in [4.69, 9.17) is 16.3 Å². The average molecular weight is 483 g/mol. The topological polar surface area (TPSA) is 75.7 Å². The minimum absolute atomic E-state index is 0.0956. The number of hydrogen-bond donors (Lipinski definition) is 1. The predicted octanol–water partition coefficient (Wildman–Crippen LogP) is 5.22. The van der Waals surface area contributed by atoms with Crippen molar-refractivity contribution in [3.8, 4) is 0 Å². The molecule has 0 spiro atoms. The number of rotatable bonds is 8. The Morgan fingerprint density at radius 1 is 1.15 bits per heavy atom. The van der Waals surface area contributed by atoms with Crippen LogP contribution in [0, 0.1) is 0 Å². The Labute approximate surface area is 205 Å². The van der Waals surface area contributed by atoms with Gasteiger partial charge in [-0.15, -0.1) is 0 Å². The number of allylic oxidation sites excluding steroid dienone is 1. The number of nitrogens with one attached hydrogen (secondary N) is 1. The van der Waals surface area contributed by atoms with E-state index in [0.717, 1.165) is 17.5 Å². The summed E-state index contributed by atoms with van der Waals surface area (Å²) in [7, 11) is 0. The summed E-state index contributed by atoms with van der Waals surface area (Å²) in [6.45, 7) is 8.01. The van der Waals surface area contributed by atoms with Crippen molar-refractivity contribution < 1.29 is 19.1 Å². The van der Waals surface area contributed by atoms with Gasteiger partial charge in [-0.05, 0) is 56.5 Å². The summed E-state index contributed by atoms with van der Waals surface area (Å²) < 4.78 is 5.34. The van der Waals surface area contributed by atoms with Crippen molar-refractivity contribution in [1.82, 2.24) is 10.2 Å². The lowest BCUT2D eigenvalue weighted by Gasteiger charge is -2.34. The molecule has 0 saturated carbocycles. The Balaban J connectivity index is 1.90. The fourth-order valence-corrected chi connectivity index (χ4v) is 4.32. The number of carbonyl (C=O) groups is 3. The molecular weight excluding hydrogens is 452 g/mol. The molecule has 0 aromatic heterocycles. The van der Waals surface area contributed by atoms with Crippen molar-refractivity contribution in [3.05, 3.63) is 81.5 Å². The molecule has 0 saturated heterocycles. The standard InChI is InChI=1S/C27H31ClN2O4/c1-5-17(3)29-26(32)20-13-11-19(12-14-20)16-30-18(4)25(27(33)34-6-2)22(15-24(30)31)21-9-7-8-10-23(21)28/h7-14,17,22H,5-6,15-16H2,1-4H3,(H,29,32). The molecule has 180 valence electrons. The average Bonchev–Trinajstić information content (AvgIpc) is 2.82. The van der Waals surface area contributed by atoms with Gasteiger partial charge in [0.2, 0.25) is 5.91 Å². The molecule has 2 atom stereocenters. The van der Waals surface area contributed by atoms with Gasteiger partial charge in [-0.3, -0.25) is 9.59 Å². The van der Waals surface area contributed by atoms with Gasteiger partial charge in [0, 0.05) is 34.7 Å². The van der Waals surface area contributed by atoms with Crippen LogP contribution in [0.25, 0.3) is 0 Å². The molecule has 34 heavy (non-hydrogen) atoms.